The summed E-state index contributed by atoms with van der Waals surface area (Å²) in [6.45, 7) is 5.66. The molecular weight excluding hydrogens is 226 g/mol. The van der Waals surface area contributed by atoms with Gasteiger partial charge in [-0.2, -0.15) is 0 Å². The molecule has 2 atom stereocenters. The maximum Gasteiger partial charge on any atom is 0.134 e. The Bertz CT molecular complexity index is 346. The van der Waals surface area contributed by atoms with Crippen LogP contribution in [0.25, 0.3) is 0 Å². The summed E-state index contributed by atoms with van der Waals surface area (Å²) in [7, 11) is 0. The highest BCUT2D eigenvalue weighted by Gasteiger charge is 2.22. The Balaban J connectivity index is 2.02. The van der Waals surface area contributed by atoms with E-state index in [0.29, 0.717) is 22.9 Å². The van der Waals surface area contributed by atoms with Crippen molar-refractivity contribution >= 4 is 17.4 Å². The number of anilines is 1. The van der Waals surface area contributed by atoms with E-state index >= 15 is 0 Å². The topological polar surface area (TPSA) is 47.0 Å². The number of halogens is 1. The van der Waals surface area contributed by atoms with E-state index in [4.69, 9.17) is 16.3 Å². The molecule has 1 N–H and O–H groups in total. The van der Waals surface area contributed by atoms with Gasteiger partial charge in [-0.25, -0.2) is 9.97 Å². The van der Waals surface area contributed by atoms with Crippen LogP contribution in [0.2, 0.25) is 5.15 Å². The molecule has 1 saturated heterocycles. The average molecular weight is 242 g/mol. The molecule has 0 spiro atoms. The number of hydrogen-bond donors (Lipinski definition) is 1. The second-order valence-corrected chi connectivity index (χ2v) is 4.57. The van der Waals surface area contributed by atoms with Gasteiger partial charge in [-0.05, 0) is 20.3 Å². The van der Waals surface area contributed by atoms with Crippen molar-refractivity contribution < 1.29 is 4.74 Å². The Hall–Kier alpha value is -0.870. The number of aromatic nitrogens is 2. The highest BCUT2D eigenvalue weighted by Crippen LogP contribution is 2.20. The lowest BCUT2D eigenvalue weighted by atomic mass is 10.0. The molecule has 1 aliphatic heterocycles. The normalized spacial score (nSPS) is 22.1. The lowest BCUT2D eigenvalue weighted by Gasteiger charge is -2.19. The Kier molecular flexibility index (Phi) is 3.61. The summed E-state index contributed by atoms with van der Waals surface area (Å²) < 4.78 is 5.36. The van der Waals surface area contributed by atoms with Gasteiger partial charge in [-0.1, -0.05) is 11.6 Å². The average Bonchev–Trinajstić information content (AvgIpc) is 2.68. The van der Waals surface area contributed by atoms with Gasteiger partial charge in [0.25, 0.3) is 0 Å². The van der Waals surface area contributed by atoms with Crippen LogP contribution in [0.1, 0.15) is 19.2 Å². The monoisotopic (exact) mass is 241 g/mol. The molecule has 16 heavy (non-hydrogen) atoms. The van der Waals surface area contributed by atoms with Crippen LogP contribution in [0.15, 0.2) is 6.07 Å². The van der Waals surface area contributed by atoms with Crippen LogP contribution in [0.5, 0.6) is 0 Å². The summed E-state index contributed by atoms with van der Waals surface area (Å²) >= 11 is 5.88. The molecule has 0 radical (unpaired) electrons. The molecule has 0 aliphatic carbocycles. The van der Waals surface area contributed by atoms with Gasteiger partial charge in [0, 0.05) is 24.6 Å². The molecule has 1 fully saturated rings. The van der Waals surface area contributed by atoms with E-state index in [1.54, 1.807) is 6.07 Å². The molecule has 5 heteroatoms. The highest BCUT2D eigenvalue weighted by molar-refractivity contribution is 6.29. The van der Waals surface area contributed by atoms with Crippen molar-refractivity contribution in [2.45, 2.75) is 26.3 Å². The minimum atomic E-state index is 0.341. The highest BCUT2D eigenvalue weighted by atomic mass is 35.5. The lowest BCUT2D eigenvalue weighted by molar-refractivity contribution is 0.183. The predicted molar refractivity (Wildman–Crippen MR) is 63.8 cm³/mol. The van der Waals surface area contributed by atoms with Gasteiger partial charge >= 0.3 is 0 Å². The third-order valence-corrected chi connectivity index (χ3v) is 3.05. The molecule has 0 amide bonds. The van der Waals surface area contributed by atoms with Gasteiger partial charge in [0.05, 0.1) is 6.61 Å². The van der Waals surface area contributed by atoms with Gasteiger partial charge in [0.2, 0.25) is 0 Å². The van der Waals surface area contributed by atoms with Gasteiger partial charge in [-0.15, -0.1) is 0 Å². The zero-order valence-electron chi connectivity index (χ0n) is 9.53. The standard InChI is InChI=1S/C11H16ClN3O/c1-7(9-3-4-16-6-9)13-11-5-10(12)14-8(2)15-11/h5,7,9H,3-4,6H2,1-2H3,(H,13,14,15). The Labute approximate surface area is 100 Å². The summed E-state index contributed by atoms with van der Waals surface area (Å²) in [5.74, 6) is 2.02. The van der Waals surface area contributed by atoms with Crippen LogP contribution in [-0.2, 0) is 4.74 Å². The van der Waals surface area contributed by atoms with Crippen molar-refractivity contribution in [2.24, 2.45) is 5.92 Å². The summed E-state index contributed by atoms with van der Waals surface area (Å²) in [6, 6.07) is 2.09. The maximum absolute atomic E-state index is 5.88. The first-order valence-electron chi connectivity index (χ1n) is 5.50. The van der Waals surface area contributed by atoms with E-state index < -0.39 is 0 Å². The number of rotatable bonds is 3. The van der Waals surface area contributed by atoms with Crippen LogP contribution in [-0.4, -0.2) is 29.2 Å². The summed E-state index contributed by atoms with van der Waals surface area (Å²) in [6.07, 6.45) is 1.10. The van der Waals surface area contributed by atoms with Crippen LogP contribution >= 0.6 is 11.6 Å². The third-order valence-electron chi connectivity index (χ3n) is 2.85. The van der Waals surface area contributed by atoms with E-state index in [1.165, 1.54) is 0 Å². The number of aryl methyl sites for hydroxylation is 1. The van der Waals surface area contributed by atoms with E-state index in [9.17, 15) is 0 Å². The largest absolute Gasteiger partial charge is 0.381 e. The molecular formula is C11H16ClN3O. The second-order valence-electron chi connectivity index (χ2n) is 4.18. The fourth-order valence-corrected chi connectivity index (χ4v) is 2.13. The molecule has 0 aromatic carbocycles. The van der Waals surface area contributed by atoms with Gasteiger partial charge in [0.15, 0.2) is 0 Å². The molecule has 0 saturated carbocycles. The first-order valence-corrected chi connectivity index (χ1v) is 5.88. The van der Waals surface area contributed by atoms with Crippen LogP contribution in [0.3, 0.4) is 0 Å². The molecule has 0 bridgehead atoms. The smallest absolute Gasteiger partial charge is 0.134 e. The number of nitrogens with zero attached hydrogens (tertiary/aromatic N) is 2. The molecule has 1 aliphatic rings. The van der Waals surface area contributed by atoms with Crippen LogP contribution < -0.4 is 5.32 Å². The quantitative estimate of drug-likeness (QED) is 0.825. The van der Waals surface area contributed by atoms with E-state index in [-0.39, 0.29) is 0 Å². The fourth-order valence-electron chi connectivity index (χ4n) is 1.90. The molecule has 1 aromatic rings. The molecule has 4 nitrogen and oxygen atoms in total. The van der Waals surface area contributed by atoms with Crippen molar-refractivity contribution in [1.29, 1.82) is 0 Å². The zero-order chi connectivity index (χ0) is 11.5. The Morgan fingerprint density at radius 2 is 2.38 bits per heavy atom. The molecule has 88 valence electrons. The molecule has 1 aromatic heterocycles. The number of hydrogen-bond acceptors (Lipinski definition) is 4. The molecule has 2 rings (SSSR count). The summed E-state index contributed by atoms with van der Waals surface area (Å²) in [5.41, 5.74) is 0. The molecule has 2 unspecified atom stereocenters. The number of nitrogens with one attached hydrogen (secondary N) is 1. The lowest BCUT2D eigenvalue weighted by Crippen LogP contribution is -2.26. The third kappa shape index (κ3) is 2.83. The molecule has 2 heterocycles. The van der Waals surface area contributed by atoms with Gasteiger partial charge in [-0.3, -0.25) is 0 Å². The van der Waals surface area contributed by atoms with Gasteiger partial charge < -0.3 is 10.1 Å². The Morgan fingerprint density at radius 3 is 3.00 bits per heavy atom. The van der Waals surface area contributed by atoms with E-state index in [0.717, 1.165) is 25.5 Å². The summed E-state index contributed by atoms with van der Waals surface area (Å²) in [4.78, 5) is 8.33. The SMILES string of the molecule is Cc1nc(Cl)cc(NC(C)C2CCOC2)n1. The fraction of sp³-hybridized carbons (Fsp3) is 0.636. The van der Waals surface area contributed by atoms with Crippen molar-refractivity contribution in [1.82, 2.24) is 9.97 Å². The summed E-state index contributed by atoms with van der Waals surface area (Å²) in [5, 5.41) is 3.83. The van der Waals surface area contributed by atoms with Crippen LogP contribution in [0.4, 0.5) is 5.82 Å². The van der Waals surface area contributed by atoms with Crippen molar-refractivity contribution in [3.05, 3.63) is 17.0 Å². The predicted octanol–water partition coefficient (Wildman–Crippen LogP) is 2.28. The Morgan fingerprint density at radius 1 is 1.56 bits per heavy atom. The van der Waals surface area contributed by atoms with Crippen molar-refractivity contribution in [3.63, 3.8) is 0 Å². The zero-order valence-corrected chi connectivity index (χ0v) is 10.3. The van der Waals surface area contributed by atoms with Crippen molar-refractivity contribution in [2.75, 3.05) is 18.5 Å². The minimum absolute atomic E-state index is 0.341. The van der Waals surface area contributed by atoms with Crippen LogP contribution in [0, 0.1) is 12.8 Å². The van der Waals surface area contributed by atoms with Gasteiger partial charge in [0.1, 0.15) is 16.8 Å². The first kappa shape index (κ1) is 11.6. The van der Waals surface area contributed by atoms with E-state index in [2.05, 4.69) is 22.2 Å². The second kappa shape index (κ2) is 4.97. The first-order chi connectivity index (χ1) is 7.65. The van der Waals surface area contributed by atoms with E-state index in [1.807, 2.05) is 6.92 Å². The number of ether oxygens (including phenoxy) is 1. The van der Waals surface area contributed by atoms with Crippen molar-refractivity contribution in [3.8, 4) is 0 Å². The minimum Gasteiger partial charge on any atom is -0.381 e. The maximum atomic E-state index is 5.88.